The quantitative estimate of drug-likeness (QED) is 0.292. The molecule has 3 aromatic rings. The molecule has 0 bridgehead atoms. The fraction of sp³-hybridized carbons (Fsp3) is 0.417. The number of pyridine rings is 1. The van der Waals surface area contributed by atoms with Crippen molar-refractivity contribution in [2.75, 3.05) is 64.2 Å². The number of nitrogens with two attached hydrogens (primary N) is 1. The Balaban J connectivity index is 1.50. The lowest BCUT2D eigenvalue weighted by atomic mass is 10.2. The van der Waals surface area contributed by atoms with E-state index in [1.54, 1.807) is 37.4 Å². The molecule has 0 unspecified atom stereocenters. The molecule has 1 fully saturated rings. The zero-order valence-electron chi connectivity index (χ0n) is 19.8. The van der Waals surface area contributed by atoms with E-state index < -0.39 is 0 Å². The van der Waals surface area contributed by atoms with E-state index in [4.69, 9.17) is 15.2 Å². The predicted octanol–water partition coefficient (Wildman–Crippen LogP) is 1.36. The first-order valence-electron chi connectivity index (χ1n) is 11.7. The second kappa shape index (κ2) is 11.7. The number of aromatic nitrogens is 3. The number of nitrogens with one attached hydrogen (secondary N) is 2. The van der Waals surface area contributed by atoms with Crippen LogP contribution in [0.25, 0.3) is 11.2 Å². The molecule has 4 rings (SSSR count). The summed E-state index contributed by atoms with van der Waals surface area (Å²) in [6.07, 6.45) is 2.24. The summed E-state index contributed by atoms with van der Waals surface area (Å²) in [5, 5.41) is 5.79. The van der Waals surface area contributed by atoms with Crippen molar-refractivity contribution >= 4 is 34.6 Å². The van der Waals surface area contributed by atoms with E-state index in [0.29, 0.717) is 60.0 Å². The number of nitrogens with zero attached hydrogens (tertiary/aromatic N) is 4. The number of ether oxygens (including phenoxy) is 2. The SMILES string of the molecule is COCCCn1c(NC(=O)c2cccc(N)c2)nc2cc(C(=O)NCCN3CCOCC3)cnc21. The van der Waals surface area contributed by atoms with Crippen LogP contribution in [0.15, 0.2) is 36.5 Å². The summed E-state index contributed by atoms with van der Waals surface area (Å²) >= 11 is 0. The minimum Gasteiger partial charge on any atom is -0.399 e. The Bertz CT molecular complexity index is 1170. The highest BCUT2D eigenvalue weighted by Gasteiger charge is 2.18. The number of aryl methyl sites for hydroxylation is 1. The normalized spacial score (nSPS) is 14.2. The van der Waals surface area contributed by atoms with Gasteiger partial charge in [-0.25, -0.2) is 9.97 Å². The van der Waals surface area contributed by atoms with Gasteiger partial charge in [-0.1, -0.05) is 6.07 Å². The number of methoxy groups -OCH3 is 1. The Morgan fingerprint density at radius 1 is 1.14 bits per heavy atom. The molecule has 0 radical (unpaired) electrons. The molecule has 0 spiro atoms. The number of rotatable bonds is 10. The van der Waals surface area contributed by atoms with Crippen molar-refractivity contribution in [1.82, 2.24) is 24.8 Å². The Labute approximate surface area is 203 Å². The molecule has 1 saturated heterocycles. The second-order valence-electron chi connectivity index (χ2n) is 8.29. The zero-order valence-corrected chi connectivity index (χ0v) is 19.8. The van der Waals surface area contributed by atoms with Crippen LogP contribution in [0.4, 0.5) is 11.6 Å². The molecule has 0 aliphatic carbocycles. The maximum atomic E-state index is 12.8. The molecular weight excluding hydrogens is 450 g/mol. The standard InChI is InChI=1S/C24H31N7O4/c1-34-11-3-7-31-21-20(28-24(31)29-23(33)17-4-2-5-19(25)14-17)15-18(16-27-21)22(32)26-6-8-30-9-12-35-13-10-30/h2,4-5,14-16H,3,6-13,25H2,1H3,(H,26,32)(H,28,29,33). The van der Waals surface area contributed by atoms with E-state index in [2.05, 4.69) is 25.5 Å². The first-order valence-corrected chi connectivity index (χ1v) is 11.7. The topological polar surface area (TPSA) is 137 Å². The number of benzene rings is 1. The van der Waals surface area contributed by atoms with E-state index in [-0.39, 0.29) is 11.8 Å². The van der Waals surface area contributed by atoms with Crippen LogP contribution in [0, 0.1) is 0 Å². The van der Waals surface area contributed by atoms with Gasteiger partial charge in [-0.15, -0.1) is 0 Å². The predicted molar refractivity (Wildman–Crippen MR) is 132 cm³/mol. The molecule has 35 heavy (non-hydrogen) atoms. The molecule has 186 valence electrons. The summed E-state index contributed by atoms with van der Waals surface area (Å²) in [5.74, 6) is -0.200. The number of morpholine rings is 1. The van der Waals surface area contributed by atoms with Crippen molar-refractivity contribution in [3.63, 3.8) is 0 Å². The number of hydrogen-bond acceptors (Lipinski definition) is 8. The van der Waals surface area contributed by atoms with Gasteiger partial charge in [-0.2, -0.15) is 0 Å². The van der Waals surface area contributed by atoms with Gasteiger partial charge < -0.3 is 20.5 Å². The average molecular weight is 482 g/mol. The Morgan fingerprint density at radius 2 is 1.97 bits per heavy atom. The summed E-state index contributed by atoms with van der Waals surface area (Å²) in [7, 11) is 1.64. The number of amides is 2. The molecule has 11 nitrogen and oxygen atoms in total. The lowest BCUT2D eigenvalue weighted by Gasteiger charge is -2.26. The van der Waals surface area contributed by atoms with Crippen molar-refractivity contribution < 1.29 is 19.1 Å². The fourth-order valence-corrected chi connectivity index (χ4v) is 3.92. The van der Waals surface area contributed by atoms with Crippen LogP contribution in [0.2, 0.25) is 0 Å². The molecule has 1 aromatic carbocycles. The van der Waals surface area contributed by atoms with Gasteiger partial charge >= 0.3 is 0 Å². The highest BCUT2D eigenvalue weighted by Crippen LogP contribution is 2.21. The molecule has 4 N–H and O–H groups in total. The summed E-state index contributed by atoms with van der Waals surface area (Å²) in [4.78, 5) is 36.8. The molecule has 3 heterocycles. The average Bonchev–Trinajstić information content (AvgIpc) is 3.21. The fourth-order valence-electron chi connectivity index (χ4n) is 3.92. The third-order valence-electron chi connectivity index (χ3n) is 5.77. The first-order chi connectivity index (χ1) is 17.0. The number of anilines is 2. The largest absolute Gasteiger partial charge is 0.399 e. The highest BCUT2D eigenvalue weighted by atomic mass is 16.5. The van der Waals surface area contributed by atoms with Crippen molar-refractivity contribution in [3.8, 4) is 0 Å². The van der Waals surface area contributed by atoms with Crippen LogP contribution >= 0.6 is 0 Å². The lowest BCUT2D eigenvalue weighted by Crippen LogP contribution is -2.41. The Morgan fingerprint density at radius 3 is 2.74 bits per heavy atom. The molecule has 0 saturated carbocycles. The van der Waals surface area contributed by atoms with Gasteiger partial charge in [0, 0.05) is 63.9 Å². The van der Waals surface area contributed by atoms with Gasteiger partial charge in [0.05, 0.1) is 18.8 Å². The van der Waals surface area contributed by atoms with Crippen molar-refractivity contribution in [1.29, 1.82) is 0 Å². The lowest BCUT2D eigenvalue weighted by molar-refractivity contribution is 0.0383. The minimum atomic E-state index is -0.332. The van der Waals surface area contributed by atoms with Crippen molar-refractivity contribution in [2.24, 2.45) is 0 Å². The van der Waals surface area contributed by atoms with Crippen molar-refractivity contribution in [3.05, 3.63) is 47.7 Å². The maximum absolute atomic E-state index is 12.8. The summed E-state index contributed by atoms with van der Waals surface area (Å²) < 4.78 is 12.3. The van der Waals surface area contributed by atoms with Gasteiger partial charge in [-0.3, -0.25) is 24.4 Å². The van der Waals surface area contributed by atoms with Crippen LogP contribution in [0.3, 0.4) is 0 Å². The Kier molecular flexibility index (Phi) is 8.24. The van der Waals surface area contributed by atoms with Crippen molar-refractivity contribution in [2.45, 2.75) is 13.0 Å². The van der Waals surface area contributed by atoms with Gasteiger partial charge in [0.1, 0.15) is 5.52 Å². The second-order valence-corrected chi connectivity index (χ2v) is 8.29. The third kappa shape index (κ3) is 6.32. The monoisotopic (exact) mass is 481 g/mol. The molecule has 1 aliphatic heterocycles. The number of imidazole rings is 1. The summed E-state index contributed by atoms with van der Waals surface area (Å²) in [5.41, 5.74) is 8.24. The number of nitrogen functional groups attached to an aromatic ring is 1. The smallest absolute Gasteiger partial charge is 0.258 e. The number of hydrogen-bond donors (Lipinski definition) is 3. The molecule has 2 amide bonds. The van der Waals surface area contributed by atoms with Crippen LogP contribution < -0.4 is 16.4 Å². The van der Waals surface area contributed by atoms with Gasteiger partial charge in [0.15, 0.2) is 5.65 Å². The summed E-state index contributed by atoms with van der Waals surface area (Å²) in [6.45, 7) is 5.56. The van der Waals surface area contributed by atoms with E-state index in [1.165, 1.54) is 6.20 Å². The first kappa shape index (κ1) is 24.6. The number of fused-ring (bicyclic) bond motifs is 1. The van der Waals surface area contributed by atoms with E-state index in [1.807, 2.05) is 4.57 Å². The van der Waals surface area contributed by atoms with Gasteiger partial charge in [0.25, 0.3) is 11.8 Å². The van der Waals surface area contributed by atoms with Gasteiger partial charge in [0.2, 0.25) is 5.95 Å². The van der Waals surface area contributed by atoms with Gasteiger partial charge in [-0.05, 0) is 30.7 Å². The molecule has 11 heteroatoms. The third-order valence-corrected chi connectivity index (χ3v) is 5.77. The van der Waals surface area contributed by atoms with E-state index in [9.17, 15) is 9.59 Å². The Hall–Kier alpha value is -3.54. The highest BCUT2D eigenvalue weighted by molar-refractivity contribution is 6.04. The van der Waals surface area contributed by atoms with Crippen LogP contribution in [0.1, 0.15) is 27.1 Å². The van der Waals surface area contributed by atoms with Crippen LogP contribution in [-0.4, -0.2) is 84.4 Å². The minimum absolute atomic E-state index is 0.216. The number of carbonyl (C=O) groups is 2. The maximum Gasteiger partial charge on any atom is 0.258 e. The van der Waals surface area contributed by atoms with E-state index in [0.717, 1.165) is 32.8 Å². The van der Waals surface area contributed by atoms with E-state index >= 15 is 0 Å². The van der Waals surface area contributed by atoms with Crippen LogP contribution in [0.5, 0.6) is 0 Å². The molecule has 2 aromatic heterocycles. The number of carbonyl (C=O) groups excluding carboxylic acids is 2. The molecule has 1 aliphatic rings. The molecule has 0 atom stereocenters. The molecular formula is C24H31N7O4. The van der Waals surface area contributed by atoms with Crippen LogP contribution in [-0.2, 0) is 16.0 Å². The summed E-state index contributed by atoms with van der Waals surface area (Å²) in [6, 6.07) is 8.41. The zero-order chi connectivity index (χ0) is 24.6.